The highest BCUT2D eigenvalue weighted by molar-refractivity contribution is 5.99. The van der Waals surface area contributed by atoms with Gasteiger partial charge in [-0.05, 0) is 63.3 Å². The van der Waals surface area contributed by atoms with Gasteiger partial charge in [-0.1, -0.05) is 42.5 Å². The van der Waals surface area contributed by atoms with Gasteiger partial charge < -0.3 is 68.4 Å². The number of nitrogens with two attached hydrogens (primary N) is 2. The molecule has 0 aromatic heterocycles. The number of aromatic hydroxyl groups is 1. The number of nitrogens with zero attached hydrogens (tertiary/aromatic N) is 1. The van der Waals surface area contributed by atoms with Crippen LogP contribution in [0.2, 0.25) is 0 Å². The third-order valence-electron chi connectivity index (χ3n) is 10.1. The average Bonchev–Trinajstić information content (AvgIpc) is 3.74. The summed E-state index contributed by atoms with van der Waals surface area (Å²) in [5.41, 5.74) is 12.2. The Bertz CT molecular complexity index is 2000. The third-order valence-corrected chi connectivity index (χ3v) is 10.1. The van der Waals surface area contributed by atoms with Crippen molar-refractivity contribution in [3.05, 3.63) is 65.7 Å². The van der Waals surface area contributed by atoms with Crippen molar-refractivity contribution in [3.63, 3.8) is 0 Å². The molecule has 0 radical (unpaired) electrons. The minimum Gasteiger partial charge on any atom is -0.508 e. The van der Waals surface area contributed by atoms with E-state index in [9.17, 15) is 63.3 Å². The quantitative estimate of drug-likeness (QED) is 0.0462. The normalized spacial score (nSPS) is 17.1. The summed E-state index contributed by atoms with van der Waals surface area (Å²) >= 11 is 0. The van der Waals surface area contributed by atoms with E-state index in [1.807, 2.05) is 0 Å². The van der Waals surface area contributed by atoms with Gasteiger partial charge in [0.2, 0.25) is 47.3 Å². The van der Waals surface area contributed by atoms with E-state index in [1.165, 1.54) is 43.0 Å². The van der Waals surface area contributed by atoms with Crippen LogP contribution < -0.4 is 43.4 Å². The summed E-state index contributed by atoms with van der Waals surface area (Å²) < 4.78 is 0. The van der Waals surface area contributed by atoms with Crippen molar-refractivity contribution >= 4 is 59.5 Å². The monoisotopic (exact) mass is 895 g/mol. The number of phenols is 1. The molecule has 0 unspecified atom stereocenters. The number of amides is 8. The number of benzene rings is 2. The van der Waals surface area contributed by atoms with Gasteiger partial charge in [-0.2, -0.15) is 0 Å². The average molecular weight is 896 g/mol. The maximum absolute atomic E-state index is 14.0. The Hall–Kier alpha value is -6.94. The van der Waals surface area contributed by atoms with Gasteiger partial charge in [0.1, 0.15) is 48.3 Å². The van der Waals surface area contributed by atoms with Crippen LogP contribution in [-0.4, -0.2) is 141 Å². The first-order valence-electron chi connectivity index (χ1n) is 20.5. The number of aldehydes is 1. The van der Waals surface area contributed by atoms with Crippen LogP contribution >= 0.6 is 0 Å². The fraction of sp³-hybridized carbons (Fsp3) is 0.476. The molecule has 3 rings (SSSR count). The first-order chi connectivity index (χ1) is 30.2. The van der Waals surface area contributed by atoms with Crippen LogP contribution in [0.1, 0.15) is 64.0 Å². The predicted octanol–water partition coefficient (Wildman–Crippen LogP) is -3.24. The van der Waals surface area contributed by atoms with Gasteiger partial charge in [0.15, 0.2) is 0 Å². The highest BCUT2D eigenvalue weighted by atomic mass is 16.4. The summed E-state index contributed by atoms with van der Waals surface area (Å²) in [5.74, 6) is -8.95. The van der Waals surface area contributed by atoms with E-state index in [1.54, 1.807) is 30.3 Å². The van der Waals surface area contributed by atoms with Crippen LogP contribution in [-0.2, 0) is 60.8 Å². The minimum absolute atomic E-state index is 0.0567. The molecule has 0 saturated carbocycles. The van der Waals surface area contributed by atoms with E-state index in [2.05, 4.69) is 31.9 Å². The van der Waals surface area contributed by atoms with E-state index in [-0.39, 0.29) is 31.6 Å². The fourth-order valence-electron chi connectivity index (χ4n) is 6.74. The SMILES string of the molecule is C[C@H](N)C(=O)N1CCC[C@H]1C(=O)N[C@H](C(=O)N[C@@H](CC(N)=O)C(=O)N[C@@H](CCC(=O)O)C(=O)N[C@@H](Cc1ccccc1)C(=O)N[C@@H](Cc1ccc(O)cc1)C(=O)N[C@@H](C)C=O)[C@@H](C)O. The maximum atomic E-state index is 14.0. The number of likely N-dealkylation sites (tertiary alicyclic amines) is 1. The van der Waals surface area contributed by atoms with Gasteiger partial charge in [-0.3, -0.25) is 43.2 Å². The Morgan fingerprint density at radius 3 is 1.78 bits per heavy atom. The predicted molar refractivity (Wildman–Crippen MR) is 226 cm³/mol. The number of hydrogen-bond acceptors (Lipinski definition) is 13. The molecule has 22 heteroatoms. The second-order valence-electron chi connectivity index (χ2n) is 15.5. The first-order valence-corrected chi connectivity index (χ1v) is 20.5. The van der Waals surface area contributed by atoms with E-state index in [0.29, 0.717) is 23.8 Å². The van der Waals surface area contributed by atoms with Gasteiger partial charge in [-0.15, -0.1) is 0 Å². The molecule has 2 aromatic carbocycles. The molecule has 9 atom stereocenters. The lowest BCUT2D eigenvalue weighted by Crippen LogP contribution is -2.62. The number of aliphatic hydroxyl groups excluding tert-OH is 1. The Morgan fingerprint density at radius 2 is 1.25 bits per heavy atom. The first kappa shape index (κ1) is 51.4. The molecular formula is C42H57N9O13. The molecule has 0 spiro atoms. The molecule has 64 heavy (non-hydrogen) atoms. The maximum Gasteiger partial charge on any atom is 0.303 e. The molecule has 1 heterocycles. The van der Waals surface area contributed by atoms with E-state index in [4.69, 9.17) is 11.5 Å². The molecule has 1 aliphatic heterocycles. The van der Waals surface area contributed by atoms with Crippen molar-refractivity contribution in [2.45, 2.75) is 120 Å². The van der Waals surface area contributed by atoms with Crippen LogP contribution in [0, 0.1) is 0 Å². The zero-order valence-corrected chi connectivity index (χ0v) is 35.7. The Labute approximate surface area is 368 Å². The number of carboxylic acids is 1. The van der Waals surface area contributed by atoms with Gasteiger partial charge >= 0.3 is 5.97 Å². The Balaban J connectivity index is 1.89. The van der Waals surface area contributed by atoms with Crippen molar-refractivity contribution in [1.82, 2.24) is 36.8 Å². The smallest absolute Gasteiger partial charge is 0.303 e. The Kier molecular flexibility index (Phi) is 19.8. The van der Waals surface area contributed by atoms with Gasteiger partial charge in [0.05, 0.1) is 24.6 Å². The van der Waals surface area contributed by atoms with Crippen LogP contribution in [0.15, 0.2) is 54.6 Å². The lowest BCUT2D eigenvalue weighted by atomic mass is 10.0. The van der Waals surface area contributed by atoms with Crippen LogP contribution in [0.5, 0.6) is 5.75 Å². The molecule has 1 fully saturated rings. The number of hydrogen-bond donors (Lipinski definition) is 11. The minimum atomic E-state index is -1.85. The number of carbonyl (C=O) groups excluding carboxylic acids is 9. The van der Waals surface area contributed by atoms with E-state index < -0.39 is 127 Å². The van der Waals surface area contributed by atoms with Crippen LogP contribution in [0.3, 0.4) is 0 Å². The molecule has 22 nitrogen and oxygen atoms in total. The van der Waals surface area contributed by atoms with Gasteiger partial charge in [-0.25, -0.2) is 0 Å². The molecule has 0 aliphatic carbocycles. The highest BCUT2D eigenvalue weighted by Crippen LogP contribution is 2.19. The van der Waals surface area contributed by atoms with Crippen LogP contribution in [0.25, 0.3) is 0 Å². The molecular weight excluding hydrogens is 839 g/mol. The van der Waals surface area contributed by atoms with Crippen molar-refractivity contribution in [2.75, 3.05) is 6.54 Å². The van der Waals surface area contributed by atoms with Crippen molar-refractivity contribution in [3.8, 4) is 5.75 Å². The number of carbonyl (C=O) groups is 10. The molecule has 348 valence electrons. The summed E-state index contributed by atoms with van der Waals surface area (Å²) in [4.78, 5) is 131. The third kappa shape index (κ3) is 16.1. The molecule has 1 aliphatic rings. The van der Waals surface area contributed by atoms with Gasteiger partial charge in [0.25, 0.3) is 0 Å². The summed E-state index contributed by atoms with van der Waals surface area (Å²) in [7, 11) is 0. The summed E-state index contributed by atoms with van der Waals surface area (Å²) in [5, 5.41) is 44.2. The lowest BCUT2D eigenvalue weighted by molar-refractivity contribution is -0.141. The van der Waals surface area contributed by atoms with Crippen molar-refractivity contribution in [1.29, 1.82) is 0 Å². The summed E-state index contributed by atoms with van der Waals surface area (Å²) in [6.45, 7) is 4.24. The second kappa shape index (κ2) is 24.6. The molecule has 2 aromatic rings. The van der Waals surface area contributed by atoms with Crippen molar-refractivity contribution < 1.29 is 63.3 Å². The lowest BCUT2D eigenvalue weighted by Gasteiger charge is -2.29. The number of phenolic OH excluding ortho intramolecular Hbond substituents is 1. The molecule has 13 N–H and O–H groups in total. The molecule has 1 saturated heterocycles. The molecule has 0 bridgehead atoms. The van der Waals surface area contributed by atoms with E-state index >= 15 is 0 Å². The number of primary amides is 1. The topological polar surface area (TPSA) is 359 Å². The Morgan fingerprint density at radius 1 is 0.734 bits per heavy atom. The number of carboxylic acid groups (broad SMARTS) is 1. The van der Waals surface area contributed by atoms with Crippen LogP contribution in [0.4, 0.5) is 0 Å². The molecule has 8 amide bonds. The largest absolute Gasteiger partial charge is 0.508 e. The number of rotatable bonds is 24. The fourth-order valence-corrected chi connectivity index (χ4v) is 6.74. The zero-order valence-electron chi connectivity index (χ0n) is 35.7. The number of nitrogens with one attached hydrogen (secondary N) is 6. The standard InChI is InChI=1S/C42H57N9O13/c1-22(21-52)45-37(59)29(19-26-11-13-27(54)14-12-26)48-38(60)30(18-25-8-5-4-6-9-25)47-36(58)28(15-16-34(56)57)46-39(61)31(20-33(44)55)49-41(63)35(24(3)53)50-40(62)32-10-7-17-51(32)42(64)23(2)43/h4-6,8-9,11-14,21-24,28-32,35,53-54H,7,10,15-20,43H2,1-3H3,(H2,44,55)(H,45,59)(H,46,61)(H,47,58)(H,48,60)(H,49,63)(H,50,62)(H,56,57)/t22-,23-,24+,28-,29-,30-,31-,32-,35-/m0/s1. The van der Waals surface area contributed by atoms with E-state index in [0.717, 1.165) is 6.92 Å². The summed E-state index contributed by atoms with van der Waals surface area (Å²) in [6.07, 6.45) is -2.84. The number of aliphatic carboxylic acids is 1. The zero-order chi connectivity index (χ0) is 47.7. The second-order valence-corrected chi connectivity index (χ2v) is 15.5. The summed E-state index contributed by atoms with van der Waals surface area (Å²) in [6, 6.07) is 3.10. The van der Waals surface area contributed by atoms with Crippen molar-refractivity contribution in [2.24, 2.45) is 11.5 Å². The number of aliphatic hydroxyl groups is 1. The van der Waals surface area contributed by atoms with Gasteiger partial charge in [0, 0.05) is 25.8 Å². The highest BCUT2D eigenvalue weighted by Gasteiger charge is 2.39.